The molecule has 1 amide bonds. The van der Waals surface area contributed by atoms with Crippen molar-refractivity contribution < 1.29 is 9.53 Å². The van der Waals surface area contributed by atoms with Crippen LogP contribution in [0.4, 0.5) is 0 Å². The van der Waals surface area contributed by atoms with E-state index >= 15 is 0 Å². The van der Waals surface area contributed by atoms with E-state index in [1.54, 1.807) is 0 Å². The van der Waals surface area contributed by atoms with Gasteiger partial charge in [0.25, 0.3) is 0 Å². The lowest BCUT2D eigenvalue weighted by Crippen LogP contribution is -2.38. The van der Waals surface area contributed by atoms with E-state index < -0.39 is 0 Å². The van der Waals surface area contributed by atoms with Crippen molar-refractivity contribution in [2.75, 3.05) is 20.2 Å². The molecular weight excluding hydrogens is 348 g/mol. The highest BCUT2D eigenvalue weighted by Crippen LogP contribution is 2.38. The third-order valence-corrected chi connectivity index (χ3v) is 6.31. The Labute approximate surface area is 167 Å². The molecule has 1 saturated carbocycles. The van der Waals surface area contributed by atoms with Gasteiger partial charge in [0.1, 0.15) is 5.75 Å². The zero-order chi connectivity index (χ0) is 19.3. The SMILES string of the molecule is CN(Cc1ccc(OCCc2ccccc2)cc1)[C@H]1C[C@H]2CNC(=O)C[C@H]2C1. The number of hydrogen-bond acceptors (Lipinski definition) is 3. The summed E-state index contributed by atoms with van der Waals surface area (Å²) in [5.74, 6) is 2.39. The molecule has 1 N–H and O–H groups in total. The molecule has 3 atom stereocenters. The highest BCUT2D eigenvalue weighted by atomic mass is 16.5. The van der Waals surface area contributed by atoms with E-state index in [1.807, 2.05) is 6.07 Å². The normalized spacial score (nSPS) is 24.1. The number of benzene rings is 2. The van der Waals surface area contributed by atoms with Gasteiger partial charge in [-0.15, -0.1) is 0 Å². The molecule has 2 aromatic carbocycles. The van der Waals surface area contributed by atoms with Crippen LogP contribution in [-0.2, 0) is 17.8 Å². The van der Waals surface area contributed by atoms with Gasteiger partial charge in [-0.25, -0.2) is 0 Å². The van der Waals surface area contributed by atoms with Crippen molar-refractivity contribution in [1.29, 1.82) is 0 Å². The van der Waals surface area contributed by atoms with E-state index in [0.717, 1.165) is 31.7 Å². The lowest BCUT2D eigenvalue weighted by Gasteiger charge is -2.24. The summed E-state index contributed by atoms with van der Waals surface area (Å²) in [6, 6.07) is 19.5. The van der Waals surface area contributed by atoms with Gasteiger partial charge in [-0.05, 0) is 55.0 Å². The Balaban J connectivity index is 1.24. The molecule has 2 aromatic rings. The summed E-state index contributed by atoms with van der Waals surface area (Å²) in [5, 5.41) is 3.02. The molecule has 4 heteroatoms. The molecule has 1 saturated heterocycles. The van der Waals surface area contributed by atoms with Crippen LogP contribution in [0.2, 0.25) is 0 Å². The van der Waals surface area contributed by atoms with Gasteiger partial charge in [0.15, 0.2) is 0 Å². The molecule has 4 rings (SSSR count). The molecule has 0 radical (unpaired) electrons. The molecule has 148 valence electrons. The van der Waals surface area contributed by atoms with Gasteiger partial charge >= 0.3 is 0 Å². The van der Waals surface area contributed by atoms with Gasteiger partial charge in [-0.3, -0.25) is 9.69 Å². The van der Waals surface area contributed by atoms with Gasteiger partial charge < -0.3 is 10.1 Å². The van der Waals surface area contributed by atoms with Gasteiger partial charge in [-0.1, -0.05) is 42.5 Å². The van der Waals surface area contributed by atoms with Crippen molar-refractivity contribution in [1.82, 2.24) is 10.2 Å². The molecule has 2 aliphatic rings. The average Bonchev–Trinajstić information content (AvgIpc) is 3.13. The summed E-state index contributed by atoms with van der Waals surface area (Å²) in [7, 11) is 2.21. The van der Waals surface area contributed by atoms with Crippen LogP contribution in [0.3, 0.4) is 0 Å². The van der Waals surface area contributed by atoms with Crippen molar-refractivity contribution >= 4 is 5.91 Å². The Hall–Kier alpha value is -2.33. The number of carbonyl (C=O) groups excluding carboxylic acids is 1. The number of rotatable bonds is 7. The van der Waals surface area contributed by atoms with Crippen molar-refractivity contribution in [2.45, 2.75) is 38.3 Å². The standard InChI is InChI=1S/C24H30N2O2/c1-26(22-13-20-15-24(27)25-16-21(20)14-22)17-19-7-9-23(10-8-19)28-12-11-18-5-3-2-4-6-18/h2-10,20-22H,11-17H2,1H3,(H,25,27)/t20-,21+,22-/m1/s1. The van der Waals surface area contributed by atoms with Gasteiger partial charge in [0, 0.05) is 32.0 Å². The predicted octanol–water partition coefficient (Wildman–Crippen LogP) is 3.65. The summed E-state index contributed by atoms with van der Waals surface area (Å²) in [6.45, 7) is 2.50. The summed E-state index contributed by atoms with van der Waals surface area (Å²) in [6.07, 6.45) is 3.98. The minimum atomic E-state index is 0.229. The fraction of sp³-hybridized carbons (Fsp3) is 0.458. The van der Waals surface area contributed by atoms with Crippen LogP contribution in [0, 0.1) is 11.8 Å². The smallest absolute Gasteiger partial charge is 0.220 e. The Kier molecular flexibility index (Phi) is 5.96. The number of nitrogens with zero attached hydrogens (tertiary/aromatic N) is 1. The Morgan fingerprint density at radius 1 is 1.00 bits per heavy atom. The van der Waals surface area contributed by atoms with E-state index in [2.05, 4.69) is 65.8 Å². The maximum absolute atomic E-state index is 11.6. The second-order valence-electron chi connectivity index (χ2n) is 8.30. The van der Waals surface area contributed by atoms with E-state index in [9.17, 15) is 4.79 Å². The Morgan fingerprint density at radius 3 is 2.54 bits per heavy atom. The highest BCUT2D eigenvalue weighted by Gasteiger charge is 2.39. The zero-order valence-electron chi connectivity index (χ0n) is 16.6. The molecule has 1 heterocycles. The number of nitrogens with one attached hydrogen (secondary N) is 1. The van der Waals surface area contributed by atoms with Crippen LogP contribution in [0.5, 0.6) is 5.75 Å². The maximum atomic E-state index is 11.6. The third kappa shape index (κ3) is 4.74. The fourth-order valence-corrected chi connectivity index (χ4v) is 4.63. The number of fused-ring (bicyclic) bond motifs is 1. The first kappa shape index (κ1) is 19.0. The molecule has 0 aromatic heterocycles. The Morgan fingerprint density at radius 2 is 1.75 bits per heavy atom. The van der Waals surface area contributed by atoms with Crippen molar-refractivity contribution in [3.8, 4) is 5.75 Å². The average molecular weight is 379 g/mol. The predicted molar refractivity (Wildman–Crippen MR) is 111 cm³/mol. The second-order valence-corrected chi connectivity index (χ2v) is 8.30. The molecule has 4 nitrogen and oxygen atoms in total. The summed E-state index contributed by atoms with van der Waals surface area (Å²) >= 11 is 0. The summed E-state index contributed by atoms with van der Waals surface area (Å²) in [4.78, 5) is 14.1. The first-order valence-corrected chi connectivity index (χ1v) is 10.4. The maximum Gasteiger partial charge on any atom is 0.220 e. The summed E-state index contributed by atoms with van der Waals surface area (Å²) in [5.41, 5.74) is 2.61. The summed E-state index contributed by atoms with van der Waals surface area (Å²) < 4.78 is 5.89. The lowest BCUT2D eigenvalue weighted by atomic mass is 9.89. The van der Waals surface area contributed by atoms with E-state index in [0.29, 0.717) is 30.9 Å². The first-order chi connectivity index (χ1) is 13.7. The molecule has 1 aliphatic heterocycles. The van der Waals surface area contributed by atoms with Crippen molar-refractivity contribution in [3.05, 3.63) is 65.7 Å². The molecule has 0 unspecified atom stereocenters. The topological polar surface area (TPSA) is 41.6 Å². The number of piperidine rings is 1. The fourth-order valence-electron chi connectivity index (χ4n) is 4.63. The van der Waals surface area contributed by atoms with Crippen LogP contribution in [0.25, 0.3) is 0 Å². The lowest BCUT2D eigenvalue weighted by molar-refractivity contribution is -0.124. The number of ether oxygens (including phenoxy) is 1. The van der Waals surface area contributed by atoms with Crippen molar-refractivity contribution in [2.24, 2.45) is 11.8 Å². The van der Waals surface area contributed by atoms with E-state index in [1.165, 1.54) is 17.5 Å². The van der Waals surface area contributed by atoms with Gasteiger partial charge in [0.2, 0.25) is 5.91 Å². The van der Waals surface area contributed by atoms with Gasteiger partial charge in [-0.2, -0.15) is 0 Å². The number of carbonyl (C=O) groups is 1. The zero-order valence-corrected chi connectivity index (χ0v) is 16.6. The van der Waals surface area contributed by atoms with Crippen LogP contribution in [0.1, 0.15) is 30.4 Å². The molecule has 2 fully saturated rings. The van der Waals surface area contributed by atoms with E-state index in [4.69, 9.17) is 4.74 Å². The Bertz CT molecular complexity index is 775. The number of amides is 1. The third-order valence-electron chi connectivity index (χ3n) is 6.31. The van der Waals surface area contributed by atoms with E-state index in [-0.39, 0.29) is 5.91 Å². The van der Waals surface area contributed by atoms with Crippen LogP contribution < -0.4 is 10.1 Å². The molecular formula is C24H30N2O2. The largest absolute Gasteiger partial charge is 0.493 e. The van der Waals surface area contributed by atoms with Crippen molar-refractivity contribution in [3.63, 3.8) is 0 Å². The minimum Gasteiger partial charge on any atom is -0.493 e. The van der Waals surface area contributed by atoms with Gasteiger partial charge in [0.05, 0.1) is 6.61 Å². The highest BCUT2D eigenvalue weighted by molar-refractivity contribution is 5.77. The van der Waals surface area contributed by atoms with Crippen LogP contribution in [-0.4, -0.2) is 37.0 Å². The van der Waals surface area contributed by atoms with Crippen LogP contribution >= 0.6 is 0 Å². The second kappa shape index (κ2) is 8.78. The molecule has 28 heavy (non-hydrogen) atoms. The molecule has 0 bridgehead atoms. The first-order valence-electron chi connectivity index (χ1n) is 10.4. The minimum absolute atomic E-state index is 0.229. The molecule has 1 aliphatic carbocycles. The quantitative estimate of drug-likeness (QED) is 0.800. The monoisotopic (exact) mass is 378 g/mol. The molecule has 0 spiro atoms. The number of hydrogen-bond donors (Lipinski definition) is 1. The van der Waals surface area contributed by atoms with Crippen LogP contribution in [0.15, 0.2) is 54.6 Å².